The molecule has 7 nitrogen and oxygen atoms in total. The van der Waals surface area contributed by atoms with Gasteiger partial charge in [-0.05, 0) is 25.2 Å². The van der Waals surface area contributed by atoms with Crippen LogP contribution in [0.25, 0.3) is 0 Å². The van der Waals surface area contributed by atoms with Crippen LogP contribution in [0.5, 0.6) is 0 Å². The van der Waals surface area contributed by atoms with Crippen LogP contribution in [-0.4, -0.2) is 62.6 Å². The predicted octanol–water partition coefficient (Wildman–Crippen LogP) is 0.980. The van der Waals surface area contributed by atoms with Gasteiger partial charge in [0.1, 0.15) is 0 Å². The van der Waals surface area contributed by atoms with Crippen molar-refractivity contribution in [2.75, 3.05) is 33.8 Å². The molecule has 2 aliphatic rings. The lowest BCUT2D eigenvalue weighted by atomic mass is 9.99. The summed E-state index contributed by atoms with van der Waals surface area (Å²) in [5, 5.41) is 6.26. The van der Waals surface area contributed by atoms with E-state index in [9.17, 15) is 9.59 Å². The molecular weight excluding hydrogens is 423 g/mol. The first kappa shape index (κ1) is 21.0. The summed E-state index contributed by atoms with van der Waals surface area (Å²) in [6.07, 6.45) is 3.53. The number of guanidine groups is 1. The number of nitrogens with one attached hydrogen (secondary N) is 2. The summed E-state index contributed by atoms with van der Waals surface area (Å²) in [4.78, 5) is 29.7. The van der Waals surface area contributed by atoms with E-state index in [1.807, 2.05) is 0 Å². The Morgan fingerprint density at radius 2 is 2.00 bits per heavy atom. The standard InChI is InChI=1S/C16H28N4O3.HI/c1-11-9-20(10-13(11)15(22)23-3)16(17-2)18-8-4-5-14(21)19-12-6-7-12;/h11-13H,4-10H2,1-3H3,(H,17,18)(H,19,21);1H. The lowest BCUT2D eigenvalue weighted by Gasteiger charge is -2.21. The molecule has 2 fully saturated rings. The van der Waals surface area contributed by atoms with Crippen LogP contribution >= 0.6 is 24.0 Å². The molecule has 2 unspecified atom stereocenters. The molecule has 1 saturated carbocycles. The maximum atomic E-state index is 11.8. The third kappa shape index (κ3) is 6.10. The second-order valence-electron chi connectivity index (χ2n) is 6.43. The highest BCUT2D eigenvalue weighted by Gasteiger charge is 2.36. The second-order valence-corrected chi connectivity index (χ2v) is 6.43. The highest BCUT2D eigenvalue weighted by Crippen LogP contribution is 2.24. The molecule has 1 amide bonds. The van der Waals surface area contributed by atoms with Gasteiger partial charge < -0.3 is 20.3 Å². The molecule has 2 atom stereocenters. The summed E-state index contributed by atoms with van der Waals surface area (Å²) >= 11 is 0. The average Bonchev–Trinajstić information content (AvgIpc) is 3.26. The third-order valence-electron chi connectivity index (χ3n) is 4.43. The Bertz CT molecular complexity index is 468. The van der Waals surface area contributed by atoms with E-state index in [0.29, 0.717) is 25.6 Å². The number of rotatable bonds is 6. The fourth-order valence-corrected chi connectivity index (χ4v) is 2.91. The van der Waals surface area contributed by atoms with Gasteiger partial charge in [0.05, 0.1) is 13.0 Å². The van der Waals surface area contributed by atoms with Crippen molar-refractivity contribution < 1.29 is 14.3 Å². The molecule has 0 aromatic carbocycles. The fraction of sp³-hybridized carbons (Fsp3) is 0.812. The minimum absolute atomic E-state index is 0. The topological polar surface area (TPSA) is 83.0 Å². The lowest BCUT2D eigenvalue weighted by Crippen LogP contribution is -2.41. The molecule has 1 heterocycles. The Morgan fingerprint density at radius 3 is 2.58 bits per heavy atom. The SMILES string of the molecule is CN=C(NCCCC(=O)NC1CC1)N1CC(C)C(C(=O)OC)C1.I. The first-order valence-corrected chi connectivity index (χ1v) is 8.38. The number of methoxy groups -OCH3 is 1. The monoisotopic (exact) mass is 452 g/mol. The number of esters is 1. The van der Waals surface area contributed by atoms with Crippen molar-refractivity contribution in [3.05, 3.63) is 0 Å². The van der Waals surface area contributed by atoms with Gasteiger partial charge in [0, 0.05) is 39.1 Å². The molecule has 1 aliphatic heterocycles. The summed E-state index contributed by atoms with van der Waals surface area (Å²) in [6.45, 7) is 4.15. The van der Waals surface area contributed by atoms with Crippen LogP contribution in [0.15, 0.2) is 4.99 Å². The molecule has 0 radical (unpaired) electrons. The Balaban J connectivity index is 0.00000288. The number of hydrogen-bond acceptors (Lipinski definition) is 4. The van der Waals surface area contributed by atoms with E-state index in [-0.39, 0.29) is 47.7 Å². The van der Waals surface area contributed by atoms with Crippen molar-refractivity contribution in [2.24, 2.45) is 16.8 Å². The first-order valence-electron chi connectivity index (χ1n) is 8.38. The molecule has 0 bridgehead atoms. The molecular formula is C16H29IN4O3. The van der Waals surface area contributed by atoms with Crippen LogP contribution in [-0.2, 0) is 14.3 Å². The van der Waals surface area contributed by atoms with Crippen molar-refractivity contribution in [3.8, 4) is 0 Å². The lowest BCUT2D eigenvalue weighted by molar-refractivity contribution is -0.146. The molecule has 0 spiro atoms. The maximum absolute atomic E-state index is 11.8. The van der Waals surface area contributed by atoms with E-state index in [1.165, 1.54) is 7.11 Å². The van der Waals surface area contributed by atoms with Crippen LogP contribution in [0.3, 0.4) is 0 Å². The van der Waals surface area contributed by atoms with Crippen molar-refractivity contribution >= 4 is 41.8 Å². The largest absolute Gasteiger partial charge is 0.469 e. The summed E-state index contributed by atoms with van der Waals surface area (Å²) < 4.78 is 4.86. The summed E-state index contributed by atoms with van der Waals surface area (Å²) in [7, 11) is 3.16. The van der Waals surface area contributed by atoms with E-state index in [2.05, 4.69) is 27.4 Å². The Hall–Kier alpha value is -1.06. The van der Waals surface area contributed by atoms with Crippen molar-refractivity contribution in [2.45, 2.75) is 38.6 Å². The van der Waals surface area contributed by atoms with Gasteiger partial charge in [0.25, 0.3) is 0 Å². The van der Waals surface area contributed by atoms with E-state index < -0.39 is 0 Å². The highest BCUT2D eigenvalue weighted by atomic mass is 127. The number of halogens is 1. The number of likely N-dealkylation sites (tertiary alicyclic amines) is 1. The zero-order valence-corrected chi connectivity index (χ0v) is 17.0. The second kappa shape index (κ2) is 10.0. The summed E-state index contributed by atoms with van der Waals surface area (Å²) in [5.74, 6) is 0.885. The van der Waals surface area contributed by atoms with Crippen LogP contribution in [0.2, 0.25) is 0 Å². The first-order chi connectivity index (χ1) is 11.0. The Morgan fingerprint density at radius 1 is 1.29 bits per heavy atom. The van der Waals surface area contributed by atoms with Crippen LogP contribution < -0.4 is 10.6 Å². The van der Waals surface area contributed by atoms with Crippen molar-refractivity contribution in [3.63, 3.8) is 0 Å². The van der Waals surface area contributed by atoms with E-state index in [4.69, 9.17) is 4.74 Å². The zero-order chi connectivity index (χ0) is 16.8. The molecule has 2 rings (SSSR count). The normalized spacial score (nSPS) is 23.5. The van der Waals surface area contributed by atoms with Crippen molar-refractivity contribution in [1.29, 1.82) is 0 Å². The molecule has 1 saturated heterocycles. The highest BCUT2D eigenvalue weighted by molar-refractivity contribution is 14.0. The van der Waals surface area contributed by atoms with Crippen molar-refractivity contribution in [1.82, 2.24) is 15.5 Å². The van der Waals surface area contributed by atoms with Gasteiger partial charge in [-0.3, -0.25) is 14.6 Å². The van der Waals surface area contributed by atoms with E-state index in [0.717, 1.165) is 31.8 Å². The fourth-order valence-electron chi connectivity index (χ4n) is 2.91. The number of carbonyl (C=O) groups excluding carboxylic acids is 2. The summed E-state index contributed by atoms with van der Waals surface area (Å²) in [6, 6.07) is 0.421. The number of carbonyl (C=O) groups is 2. The molecule has 1 aliphatic carbocycles. The average molecular weight is 452 g/mol. The van der Waals surface area contributed by atoms with E-state index >= 15 is 0 Å². The van der Waals surface area contributed by atoms with Gasteiger partial charge in [-0.2, -0.15) is 0 Å². The Labute approximate surface area is 161 Å². The Kier molecular flexibility index (Phi) is 8.79. The smallest absolute Gasteiger partial charge is 0.310 e. The molecule has 8 heteroatoms. The summed E-state index contributed by atoms with van der Waals surface area (Å²) in [5.41, 5.74) is 0. The quantitative estimate of drug-likeness (QED) is 0.207. The minimum Gasteiger partial charge on any atom is -0.469 e. The van der Waals surface area contributed by atoms with Gasteiger partial charge in [-0.25, -0.2) is 0 Å². The molecule has 0 aromatic heterocycles. The van der Waals surface area contributed by atoms with Gasteiger partial charge in [0.2, 0.25) is 5.91 Å². The number of amides is 1. The van der Waals surface area contributed by atoms with Gasteiger partial charge in [-0.1, -0.05) is 6.92 Å². The number of hydrogen-bond donors (Lipinski definition) is 2. The van der Waals surface area contributed by atoms with E-state index in [1.54, 1.807) is 7.05 Å². The van der Waals surface area contributed by atoms with Crippen LogP contribution in [0, 0.1) is 11.8 Å². The van der Waals surface area contributed by atoms with Crippen LogP contribution in [0.1, 0.15) is 32.6 Å². The number of ether oxygens (including phenoxy) is 1. The van der Waals surface area contributed by atoms with Crippen LogP contribution in [0.4, 0.5) is 0 Å². The molecule has 24 heavy (non-hydrogen) atoms. The van der Waals surface area contributed by atoms with Gasteiger partial charge in [-0.15, -0.1) is 24.0 Å². The molecule has 2 N–H and O–H groups in total. The molecule has 0 aromatic rings. The number of nitrogens with zero attached hydrogens (tertiary/aromatic N) is 2. The van der Waals surface area contributed by atoms with Gasteiger partial charge >= 0.3 is 5.97 Å². The number of aliphatic imine (C=N–C) groups is 1. The zero-order valence-electron chi connectivity index (χ0n) is 14.7. The predicted molar refractivity (Wildman–Crippen MR) is 103 cm³/mol. The molecule has 138 valence electrons. The maximum Gasteiger partial charge on any atom is 0.310 e. The van der Waals surface area contributed by atoms with Gasteiger partial charge in [0.15, 0.2) is 5.96 Å². The third-order valence-corrected chi connectivity index (χ3v) is 4.43. The minimum atomic E-state index is -0.160.